The zero-order valence-corrected chi connectivity index (χ0v) is 35.2. The van der Waals surface area contributed by atoms with Gasteiger partial charge in [-0.3, -0.25) is 29.4 Å². The second-order valence-corrected chi connectivity index (χ2v) is 17.6. The number of carbonyl (C=O) groups is 5. The predicted octanol–water partition coefficient (Wildman–Crippen LogP) is 5.75. The summed E-state index contributed by atoms with van der Waals surface area (Å²) in [7, 11) is 2.17. The average Bonchev–Trinajstić information content (AvgIpc) is 3.67. The number of ether oxygens (including phenoxy) is 1. The fraction of sp³-hybridized carbons (Fsp3) is 0.447. The molecule has 3 saturated heterocycles. The molecule has 62 heavy (non-hydrogen) atoms. The number of fused-ring (bicyclic) bond motifs is 1. The number of imide groups is 1. The molecule has 0 unspecified atom stereocenters. The number of hydrogen-bond acceptors (Lipinski definition) is 9. The van der Waals surface area contributed by atoms with Crippen LogP contribution in [0.2, 0.25) is 0 Å². The number of hydrogen-bond donors (Lipinski definition) is 3. The molecule has 5 aliphatic rings. The van der Waals surface area contributed by atoms with Crippen molar-refractivity contribution in [2.24, 2.45) is 23.5 Å². The van der Waals surface area contributed by atoms with Crippen LogP contribution in [0.4, 0.5) is 16.3 Å². The monoisotopic (exact) mass is 841 g/mol. The van der Waals surface area contributed by atoms with Crippen molar-refractivity contribution in [3.63, 3.8) is 0 Å². The summed E-state index contributed by atoms with van der Waals surface area (Å²) in [6.07, 6.45) is 6.50. The molecule has 4 N–H and O–H groups in total. The zero-order valence-electron chi connectivity index (χ0n) is 35.2. The number of piperidine rings is 2. The van der Waals surface area contributed by atoms with Crippen molar-refractivity contribution in [3.05, 3.63) is 90.0 Å². The van der Waals surface area contributed by atoms with Gasteiger partial charge in [0.1, 0.15) is 28.6 Å². The quantitative estimate of drug-likeness (QED) is 0.170. The highest BCUT2D eigenvalue weighted by Crippen LogP contribution is 2.41. The van der Waals surface area contributed by atoms with Crippen molar-refractivity contribution in [3.8, 4) is 22.8 Å². The maximum Gasteiger partial charge on any atom is 0.328 e. The van der Waals surface area contributed by atoms with E-state index < -0.39 is 11.9 Å². The summed E-state index contributed by atoms with van der Waals surface area (Å²) in [5, 5.41) is 10.8. The Hall–Kier alpha value is -6.22. The summed E-state index contributed by atoms with van der Waals surface area (Å²) in [6, 6.07) is 24.2. The summed E-state index contributed by atoms with van der Waals surface area (Å²) in [4.78, 5) is 71.5. The molecule has 6 amide bonds. The third-order valence-corrected chi connectivity index (χ3v) is 13.7. The Morgan fingerprint density at radius 1 is 0.823 bits per heavy atom. The van der Waals surface area contributed by atoms with Crippen LogP contribution >= 0.6 is 0 Å². The Balaban J connectivity index is 0.727. The number of para-hydroxylation sites is 1. The number of rotatable bonds is 11. The summed E-state index contributed by atoms with van der Waals surface area (Å²) in [5.41, 5.74) is 8.97. The third-order valence-electron chi connectivity index (χ3n) is 13.7. The van der Waals surface area contributed by atoms with Gasteiger partial charge in [-0.25, -0.2) is 9.48 Å². The molecule has 15 nitrogen and oxygen atoms in total. The third kappa shape index (κ3) is 8.50. The van der Waals surface area contributed by atoms with Gasteiger partial charge in [0.05, 0.1) is 6.04 Å². The molecule has 1 atom stereocenters. The van der Waals surface area contributed by atoms with Gasteiger partial charge in [0.15, 0.2) is 0 Å². The van der Waals surface area contributed by atoms with E-state index in [4.69, 9.17) is 15.6 Å². The Kier molecular flexibility index (Phi) is 11.7. The molecule has 5 heterocycles. The van der Waals surface area contributed by atoms with Gasteiger partial charge in [-0.2, -0.15) is 5.10 Å². The number of nitrogens with two attached hydrogens (primary N) is 1. The molecule has 0 bridgehead atoms. The fourth-order valence-corrected chi connectivity index (χ4v) is 10.0. The molecule has 1 aromatic heterocycles. The molecular formula is C47H55N9O6. The van der Waals surface area contributed by atoms with Crippen molar-refractivity contribution in [1.82, 2.24) is 29.8 Å². The van der Waals surface area contributed by atoms with Crippen molar-refractivity contribution in [2.75, 3.05) is 63.1 Å². The van der Waals surface area contributed by atoms with E-state index in [1.807, 2.05) is 64.2 Å². The van der Waals surface area contributed by atoms with Gasteiger partial charge < -0.3 is 30.5 Å². The van der Waals surface area contributed by atoms with Crippen LogP contribution in [0.15, 0.2) is 78.9 Å². The Morgan fingerprint density at radius 2 is 1.50 bits per heavy atom. The van der Waals surface area contributed by atoms with Gasteiger partial charge in [0.2, 0.25) is 11.8 Å². The maximum absolute atomic E-state index is 13.7. The van der Waals surface area contributed by atoms with E-state index in [0.717, 1.165) is 82.4 Å². The molecule has 324 valence electrons. The second-order valence-electron chi connectivity index (χ2n) is 17.6. The minimum Gasteiger partial charge on any atom is -0.457 e. The number of carbonyl (C=O) groups excluding carboxylic acids is 5. The topological polar surface area (TPSA) is 175 Å². The van der Waals surface area contributed by atoms with Crippen LogP contribution in [0, 0.1) is 17.8 Å². The molecule has 9 rings (SSSR count). The van der Waals surface area contributed by atoms with Crippen molar-refractivity contribution >= 4 is 41.2 Å². The molecule has 0 radical (unpaired) electrons. The number of anilines is 2. The first kappa shape index (κ1) is 41.1. The molecule has 0 spiro atoms. The van der Waals surface area contributed by atoms with Crippen LogP contribution in [0.5, 0.6) is 11.5 Å². The van der Waals surface area contributed by atoms with Crippen LogP contribution in [0.3, 0.4) is 0 Å². The van der Waals surface area contributed by atoms with Crippen LogP contribution in [0.1, 0.15) is 78.1 Å². The molecule has 4 aliphatic heterocycles. The number of urea groups is 1. The molecule has 3 aromatic carbocycles. The second kappa shape index (κ2) is 17.6. The SMILES string of the molecule is CN(CC1CCN(C(=O)c2ccc(N3CCC(=O)NC3=O)cc2)CC1)C1CC(C(=O)N2CCC([C@@H]3CCNc4c(C(N)=O)c(-c5ccc(Oc6ccccc6)cc5)nn43)CC2)C1. The standard InChI is InChI=1S/C47H55N9O6/c1-52(29-30-16-22-53(23-17-30)45(59)33-7-11-35(12-8-33)55-26-20-40(57)50-47(55)61)36-27-34(28-36)46(60)54-24-18-31(19-25-54)39-15-21-49-44-41(43(48)58)42(51-56(39)44)32-9-13-38(14-10-32)62-37-5-3-2-4-6-37/h2-14,30-31,34,36,39,49H,15-29H2,1H3,(H2,48,58)(H,50,57,61)/t34?,36?,39-/m0/s1. The molecule has 4 fully saturated rings. The number of aromatic nitrogens is 2. The largest absolute Gasteiger partial charge is 0.457 e. The van der Waals surface area contributed by atoms with Crippen LogP contribution in [-0.4, -0.2) is 113 Å². The van der Waals surface area contributed by atoms with Crippen LogP contribution < -0.4 is 26.0 Å². The van der Waals surface area contributed by atoms with Gasteiger partial charge in [-0.05, 0) is 124 Å². The molecule has 15 heteroatoms. The van der Waals surface area contributed by atoms with E-state index in [2.05, 4.69) is 27.5 Å². The van der Waals surface area contributed by atoms with Gasteiger partial charge >= 0.3 is 6.03 Å². The summed E-state index contributed by atoms with van der Waals surface area (Å²) >= 11 is 0. The van der Waals surface area contributed by atoms with Crippen molar-refractivity contribution < 1.29 is 28.7 Å². The highest BCUT2D eigenvalue weighted by molar-refractivity contribution is 6.06. The van der Waals surface area contributed by atoms with Gasteiger partial charge in [-0.15, -0.1) is 0 Å². The number of nitrogens with zero attached hydrogens (tertiary/aromatic N) is 6. The average molecular weight is 842 g/mol. The van der Waals surface area contributed by atoms with Crippen LogP contribution in [-0.2, 0) is 9.59 Å². The van der Waals surface area contributed by atoms with Gasteiger partial charge in [0.25, 0.3) is 11.8 Å². The van der Waals surface area contributed by atoms with E-state index in [-0.39, 0.29) is 36.1 Å². The van der Waals surface area contributed by atoms with E-state index >= 15 is 0 Å². The highest BCUT2D eigenvalue weighted by atomic mass is 16.5. The first-order chi connectivity index (χ1) is 30.1. The number of amides is 6. The van der Waals surface area contributed by atoms with Gasteiger partial charge in [-0.1, -0.05) is 18.2 Å². The maximum atomic E-state index is 13.7. The van der Waals surface area contributed by atoms with Crippen molar-refractivity contribution in [1.29, 1.82) is 0 Å². The van der Waals surface area contributed by atoms with E-state index in [0.29, 0.717) is 71.6 Å². The minimum absolute atomic E-state index is 0.00737. The van der Waals surface area contributed by atoms with E-state index in [9.17, 15) is 24.0 Å². The van der Waals surface area contributed by atoms with E-state index in [1.165, 1.54) is 4.90 Å². The predicted molar refractivity (Wildman–Crippen MR) is 234 cm³/mol. The first-order valence-electron chi connectivity index (χ1n) is 22.1. The lowest BCUT2D eigenvalue weighted by Gasteiger charge is -2.45. The number of likely N-dealkylation sites (tertiary alicyclic amines) is 2. The summed E-state index contributed by atoms with van der Waals surface area (Å²) < 4.78 is 7.95. The Labute approximate surface area is 361 Å². The first-order valence-corrected chi connectivity index (χ1v) is 22.1. The van der Waals surface area contributed by atoms with Crippen LogP contribution in [0.25, 0.3) is 11.3 Å². The fourth-order valence-electron chi connectivity index (χ4n) is 10.0. The summed E-state index contributed by atoms with van der Waals surface area (Å²) in [5.74, 6) is 2.42. The molecular weight excluding hydrogens is 787 g/mol. The van der Waals surface area contributed by atoms with Crippen molar-refractivity contribution in [2.45, 2.75) is 63.5 Å². The van der Waals surface area contributed by atoms with E-state index in [1.54, 1.807) is 24.3 Å². The lowest BCUT2D eigenvalue weighted by atomic mass is 9.77. The smallest absolute Gasteiger partial charge is 0.328 e. The number of benzene rings is 3. The molecule has 1 aliphatic carbocycles. The normalized spacial score (nSPS) is 22.1. The number of nitrogens with one attached hydrogen (secondary N) is 2. The van der Waals surface area contributed by atoms with Gasteiger partial charge in [0, 0.05) is 81.0 Å². The number of primary amides is 1. The zero-order chi connectivity index (χ0) is 42.9. The Morgan fingerprint density at radius 3 is 2.18 bits per heavy atom. The molecule has 4 aromatic rings. The lowest BCUT2D eigenvalue weighted by Crippen LogP contribution is -2.52. The minimum atomic E-state index is -0.519. The highest BCUT2D eigenvalue weighted by Gasteiger charge is 2.42. The lowest BCUT2D eigenvalue weighted by molar-refractivity contribution is -0.142. The summed E-state index contributed by atoms with van der Waals surface area (Å²) in [6.45, 7) is 4.83. The molecule has 1 saturated carbocycles. The Bertz CT molecular complexity index is 2290.